The maximum Gasteiger partial charge on any atom is 0.258 e. The standard InChI is InChI=1S/C18H16ClN3O3/c1-12-9-17(22-18(21-12)13-4-6-14(19)7-5-13)25-11-16(23)20-10-15-3-2-8-24-15/h2-9H,10-11H2,1H3,(H,20,23). The maximum absolute atomic E-state index is 11.9. The lowest BCUT2D eigenvalue weighted by Crippen LogP contribution is -2.28. The number of ether oxygens (including phenoxy) is 1. The quantitative estimate of drug-likeness (QED) is 0.731. The van der Waals surface area contributed by atoms with Gasteiger partial charge < -0.3 is 14.5 Å². The summed E-state index contributed by atoms with van der Waals surface area (Å²) < 4.78 is 10.6. The van der Waals surface area contributed by atoms with Crippen molar-refractivity contribution < 1.29 is 13.9 Å². The lowest BCUT2D eigenvalue weighted by Gasteiger charge is -2.08. The average Bonchev–Trinajstić information content (AvgIpc) is 3.12. The second-order valence-corrected chi connectivity index (χ2v) is 5.76. The number of hydrogen-bond donors (Lipinski definition) is 1. The van der Waals surface area contributed by atoms with E-state index in [1.54, 1.807) is 36.6 Å². The van der Waals surface area contributed by atoms with Crippen LogP contribution in [-0.2, 0) is 11.3 Å². The van der Waals surface area contributed by atoms with Crippen LogP contribution in [-0.4, -0.2) is 22.5 Å². The second kappa shape index (κ2) is 7.81. The monoisotopic (exact) mass is 357 g/mol. The highest BCUT2D eigenvalue weighted by Gasteiger charge is 2.09. The zero-order chi connectivity index (χ0) is 17.6. The minimum atomic E-state index is -0.263. The molecular weight excluding hydrogens is 342 g/mol. The second-order valence-electron chi connectivity index (χ2n) is 5.32. The fraction of sp³-hybridized carbons (Fsp3) is 0.167. The summed E-state index contributed by atoms with van der Waals surface area (Å²) in [7, 11) is 0. The summed E-state index contributed by atoms with van der Waals surface area (Å²) in [4.78, 5) is 20.6. The SMILES string of the molecule is Cc1cc(OCC(=O)NCc2ccco2)nc(-c2ccc(Cl)cc2)n1. The zero-order valence-electron chi connectivity index (χ0n) is 13.5. The molecule has 2 heterocycles. The number of aromatic nitrogens is 2. The van der Waals surface area contributed by atoms with Crippen molar-refractivity contribution in [3.8, 4) is 17.3 Å². The van der Waals surface area contributed by atoms with Crippen molar-refractivity contribution in [3.05, 3.63) is 65.2 Å². The highest BCUT2D eigenvalue weighted by molar-refractivity contribution is 6.30. The number of benzene rings is 1. The molecule has 0 radical (unpaired) electrons. The number of hydrogen-bond acceptors (Lipinski definition) is 5. The van der Waals surface area contributed by atoms with Gasteiger partial charge in [-0.2, -0.15) is 4.98 Å². The largest absolute Gasteiger partial charge is 0.467 e. The minimum Gasteiger partial charge on any atom is -0.467 e. The molecule has 6 nitrogen and oxygen atoms in total. The molecule has 0 spiro atoms. The van der Waals surface area contributed by atoms with Crippen LogP contribution < -0.4 is 10.1 Å². The predicted molar refractivity (Wildman–Crippen MR) is 93.3 cm³/mol. The van der Waals surface area contributed by atoms with E-state index in [1.807, 2.05) is 19.1 Å². The first-order valence-corrected chi connectivity index (χ1v) is 8.01. The Hall–Kier alpha value is -2.86. The zero-order valence-corrected chi connectivity index (χ0v) is 14.3. The van der Waals surface area contributed by atoms with E-state index in [0.29, 0.717) is 29.0 Å². The van der Waals surface area contributed by atoms with E-state index in [9.17, 15) is 4.79 Å². The van der Waals surface area contributed by atoms with Crippen molar-refractivity contribution in [1.29, 1.82) is 0 Å². The van der Waals surface area contributed by atoms with Crippen LogP contribution in [0.5, 0.6) is 5.88 Å². The Balaban J connectivity index is 1.62. The van der Waals surface area contributed by atoms with Gasteiger partial charge in [-0.25, -0.2) is 4.98 Å². The van der Waals surface area contributed by atoms with E-state index >= 15 is 0 Å². The van der Waals surface area contributed by atoms with Crippen LogP contribution >= 0.6 is 11.6 Å². The fourth-order valence-electron chi connectivity index (χ4n) is 2.13. The highest BCUT2D eigenvalue weighted by Crippen LogP contribution is 2.21. The molecule has 0 aliphatic heterocycles. The molecule has 3 rings (SSSR count). The smallest absolute Gasteiger partial charge is 0.258 e. The van der Waals surface area contributed by atoms with Crippen molar-refractivity contribution in [2.45, 2.75) is 13.5 Å². The minimum absolute atomic E-state index is 0.142. The Morgan fingerprint density at radius 3 is 2.76 bits per heavy atom. The number of carbonyl (C=O) groups excluding carboxylic acids is 1. The van der Waals surface area contributed by atoms with Gasteiger partial charge in [0, 0.05) is 22.3 Å². The van der Waals surface area contributed by atoms with E-state index in [1.165, 1.54) is 0 Å². The Kier molecular flexibility index (Phi) is 5.30. The van der Waals surface area contributed by atoms with Crippen LogP contribution in [0.1, 0.15) is 11.5 Å². The van der Waals surface area contributed by atoms with Crippen molar-refractivity contribution in [2.75, 3.05) is 6.61 Å². The van der Waals surface area contributed by atoms with Crippen LogP contribution in [0.4, 0.5) is 0 Å². The number of amides is 1. The summed E-state index contributed by atoms with van der Waals surface area (Å²) in [6.07, 6.45) is 1.56. The first-order chi connectivity index (χ1) is 12.1. The van der Waals surface area contributed by atoms with Gasteiger partial charge in [-0.15, -0.1) is 0 Å². The van der Waals surface area contributed by atoms with E-state index in [4.69, 9.17) is 20.8 Å². The van der Waals surface area contributed by atoms with E-state index in [-0.39, 0.29) is 12.5 Å². The normalized spacial score (nSPS) is 10.5. The molecule has 0 bridgehead atoms. The molecule has 25 heavy (non-hydrogen) atoms. The third-order valence-electron chi connectivity index (χ3n) is 3.32. The van der Waals surface area contributed by atoms with Crippen LogP contribution in [0.2, 0.25) is 5.02 Å². The molecule has 0 aliphatic rings. The van der Waals surface area contributed by atoms with Crippen molar-refractivity contribution in [1.82, 2.24) is 15.3 Å². The number of rotatable bonds is 6. The molecule has 128 valence electrons. The van der Waals surface area contributed by atoms with Crippen molar-refractivity contribution in [3.63, 3.8) is 0 Å². The first kappa shape index (κ1) is 17.0. The Morgan fingerprint density at radius 1 is 1.24 bits per heavy atom. The highest BCUT2D eigenvalue weighted by atomic mass is 35.5. The van der Waals surface area contributed by atoms with Crippen LogP contribution in [0.25, 0.3) is 11.4 Å². The number of halogens is 1. The summed E-state index contributed by atoms with van der Waals surface area (Å²) in [5, 5.41) is 3.35. The van der Waals surface area contributed by atoms with Gasteiger partial charge >= 0.3 is 0 Å². The molecule has 0 saturated heterocycles. The van der Waals surface area contributed by atoms with E-state index < -0.39 is 0 Å². The molecular formula is C18H16ClN3O3. The van der Waals surface area contributed by atoms with Crippen LogP contribution in [0.3, 0.4) is 0 Å². The van der Waals surface area contributed by atoms with E-state index in [0.717, 1.165) is 11.3 Å². The topological polar surface area (TPSA) is 77.2 Å². The molecule has 1 N–H and O–H groups in total. The molecule has 0 aliphatic carbocycles. The molecule has 0 saturated carbocycles. The summed E-state index contributed by atoms with van der Waals surface area (Å²) >= 11 is 5.90. The molecule has 0 unspecified atom stereocenters. The van der Waals surface area contributed by atoms with E-state index in [2.05, 4.69) is 15.3 Å². The number of nitrogens with one attached hydrogen (secondary N) is 1. The van der Waals surface area contributed by atoms with Crippen molar-refractivity contribution in [2.24, 2.45) is 0 Å². The Bertz CT molecular complexity index is 849. The maximum atomic E-state index is 11.9. The van der Waals surface area contributed by atoms with Gasteiger partial charge in [0.2, 0.25) is 5.88 Å². The average molecular weight is 358 g/mol. The molecule has 7 heteroatoms. The van der Waals surface area contributed by atoms with Gasteiger partial charge in [0.05, 0.1) is 12.8 Å². The van der Waals surface area contributed by atoms with Gasteiger partial charge in [-0.3, -0.25) is 4.79 Å². The number of nitrogens with zero attached hydrogens (tertiary/aromatic N) is 2. The van der Waals surface area contributed by atoms with Gasteiger partial charge in [0.15, 0.2) is 12.4 Å². The predicted octanol–water partition coefficient (Wildman–Crippen LogP) is 3.39. The Labute approximate surface area is 149 Å². The number of carbonyl (C=O) groups is 1. The van der Waals surface area contributed by atoms with Gasteiger partial charge in [-0.05, 0) is 43.3 Å². The van der Waals surface area contributed by atoms with Crippen LogP contribution in [0, 0.1) is 6.92 Å². The number of aryl methyl sites for hydroxylation is 1. The van der Waals surface area contributed by atoms with Crippen LogP contribution in [0.15, 0.2) is 53.1 Å². The van der Waals surface area contributed by atoms with Crippen molar-refractivity contribution >= 4 is 17.5 Å². The molecule has 0 atom stereocenters. The van der Waals surface area contributed by atoms with Gasteiger partial charge in [0.1, 0.15) is 5.76 Å². The lowest BCUT2D eigenvalue weighted by molar-refractivity contribution is -0.123. The molecule has 2 aromatic heterocycles. The van der Waals surface area contributed by atoms with Gasteiger partial charge in [0.25, 0.3) is 5.91 Å². The summed E-state index contributed by atoms with van der Waals surface area (Å²) in [5.74, 6) is 1.27. The molecule has 3 aromatic rings. The summed E-state index contributed by atoms with van der Waals surface area (Å²) in [5.41, 5.74) is 1.56. The lowest BCUT2D eigenvalue weighted by atomic mass is 10.2. The molecule has 1 aromatic carbocycles. The first-order valence-electron chi connectivity index (χ1n) is 7.63. The Morgan fingerprint density at radius 2 is 2.04 bits per heavy atom. The fourth-order valence-corrected chi connectivity index (χ4v) is 2.26. The third-order valence-corrected chi connectivity index (χ3v) is 3.58. The molecule has 0 fully saturated rings. The summed E-state index contributed by atoms with van der Waals surface area (Å²) in [6.45, 7) is 2.01. The number of furan rings is 1. The van der Waals surface area contributed by atoms with Gasteiger partial charge in [-0.1, -0.05) is 11.6 Å². The molecule has 1 amide bonds. The third kappa shape index (κ3) is 4.81. The summed E-state index contributed by atoms with van der Waals surface area (Å²) in [6, 6.07) is 12.4.